The van der Waals surface area contributed by atoms with Crippen LogP contribution in [0.3, 0.4) is 0 Å². The molecule has 0 bridgehead atoms. The number of methoxy groups -OCH3 is 2. The third-order valence-corrected chi connectivity index (χ3v) is 5.49. The van der Waals surface area contributed by atoms with Crippen LogP contribution >= 0.6 is 0 Å². The monoisotopic (exact) mass is 435 g/mol. The zero-order valence-corrected chi connectivity index (χ0v) is 16.8. The third-order valence-electron chi connectivity index (χ3n) is 4.08. The van der Waals surface area contributed by atoms with Crippen LogP contribution in [0.25, 0.3) is 10.9 Å². The molecule has 3 rings (SSSR count). The first-order valence-electron chi connectivity index (χ1n) is 8.29. The highest BCUT2D eigenvalue weighted by atomic mass is 32.2. The van der Waals surface area contributed by atoms with Crippen LogP contribution in [0, 0.1) is 0 Å². The molecule has 0 fully saturated rings. The van der Waals surface area contributed by atoms with E-state index in [0.29, 0.717) is 5.52 Å². The Morgan fingerprint density at radius 2 is 1.70 bits per heavy atom. The summed E-state index contributed by atoms with van der Waals surface area (Å²) in [5, 5.41) is 11.8. The van der Waals surface area contributed by atoms with E-state index in [1.165, 1.54) is 38.0 Å². The number of carboxylic acids is 1. The van der Waals surface area contributed by atoms with E-state index in [1.807, 2.05) is 0 Å². The molecule has 3 N–H and O–H groups in total. The van der Waals surface area contributed by atoms with E-state index in [9.17, 15) is 23.1 Å². The van der Waals surface area contributed by atoms with E-state index in [1.54, 1.807) is 22.9 Å². The summed E-state index contributed by atoms with van der Waals surface area (Å²) in [6.07, 6.45) is 0. The SMILES string of the molecule is COc1cc(OC)nc(NC(=O)NS(=O)(=O)c2c(C(=O)O)n(C)c3ccccc23)n1. The maximum atomic E-state index is 12.9. The van der Waals surface area contributed by atoms with E-state index >= 15 is 0 Å². The van der Waals surface area contributed by atoms with Crippen LogP contribution in [0.5, 0.6) is 11.8 Å². The lowest BCUT2D eigenvalue weighted by atomic mass is 10.2. The molecule has 0 saturated heterocycles. The fourth-order valence-electron chi connectivity index (χ4n) is 2.84. The number of para-hydroxylation sites is 1. The summed E-state index contributed by atoms with van der Waals surface area (Å²) in [5.41, 5.74) is -0.118. The maximum Gasteiger partial charge on any atom is 0.353 e. The molecule has 158 valence electrons. The fraction of sp³-hybridized carbons (Fsp3) is 0.176. The van der Waals surface area contributed by atoms with Gasteiger partial charge in [-0.25, -0.2) is 22.7 Å². The minimum Gasteiger partial charge on any atom is -0.481 e. The van der Waals surface area contributed by atoms with Gasteiger partial charge in [-0.15, -0.1) is 0 Å². The molecule has 0 aliphatic carbocycles. The van der Waals surface area contributed by atoms with E-state index in [2.05, 4.69) is 15.3 Å². The van der Waals surface area contributed by atoms with E-state index in [4.69, 9.17) is 9.47 Å². The summed E-state index contributed by atoms with van der Waals surface area (Å²) in [4.78, 5) is 31.2. The van der Waals surface area contributed by atoms with Crippen LogP contribution < -0.4 is 19.5 Å². The highest BCUT2D eigenvalue weighted by Gasteiger charge is 2.31. The molecule has 3 aromatic rings. The van der Waals surface area contributed by atoms with Gasteiger partial charge in [0.2, 0.25) is 17.7 Å². The number of aryl methyl sites for hydroxylation is 1. The van der Waals surface area contributed by atoms with Crippen molar-refractivity contribution in [3.8, 4) is 11.8 Å². The minimum absolute atomic E-state index is 0.0715. The van der Waals surface area contributed by atoms with Gasteiger partial charge in [0.1, 0.15) is 10.6 Å². The normalized spacial score (nSPS) is 11.2. The Kier molecular flexibility index (Phi) is 5.47. The van der Waals surface area contributed by atoms with Crippen LogP contribution in [0.2, 0.25) is 0 Å². The first kappa shape index (κ1) is 20.9. The average Bonchev–Trinajstić information content (AvgIpc) is 3.01. The Labute approximate surface area is 170 Å². The van der Waals surface area contributed by atoms with E-state index < -0.39 is 32.6 Å². The minimum atomic E-state index is -4.57. The number of carbonyl (C=O) groups is 2. The molecule has 0 aliphatic rings. The number of nitrogens with one attached hydrogen (secondary N) is 2. The summed E-state index contributed by atoms with van der Waals surface area (Å²) in [6, 6.07) is 6.37. The number of rotatable bonds is 6. The largest absolute Gasteiger partial charge is 0.481 e. The van der Waals surface area contributed by atoms with Crippen molar-refractivity contribution < 1.29 is 32.6 Å². The number of benzene rings is 1. The number of carboxylic acid groups (broad SMARTS) is 1. The van der Waals surface area contributed by atoms with E-state index in [-0.39, 0.29) is 23.1 Å². The number of aromatic carboxylic acids is 1. The number of urea groups is 1. The number of aromatic nitrogens is 3. The highest BCUT2D eigenvalue weighted by Crippen LogP contribution is 2.29. The maximum absolute atomic E-state index is 12.9. The molecule has 2 heterocycles. The number of hydrogen-bond donors (Lipinski definition) is 3. The van der Waals surface area contributed by atoms with Gasteiger partial charge in [-0.05, 0) is 6.07 Å². The van der Waals surface area contributed by atoms with Crippen molar-refractivity contribution in [3.63, 3.8) is 0 Å². The van der Waals surface area contributed by atoms with Gasteiger partial charge in [-0.1, -0.05) is 18.2 Å². The van der Waals surface area contributed by atoms with Crippen LogP contribution in [0.1, 0.15) is 10.5 Å². The first-order valence-corrected chi connectivity index (χ1v) is 9.77. The Hall–Kier alpha value is -3.87. The smallest absolute Gasteiger partial charge is 0.353 e. The lowest BCUT2D eigenvalue weighted by Crippen LogP contribution is -2.35. The number of sulfonamides is 1. The number of anilines is 1. The number of nitrogens with zero attached hydrogens (tertiary/aromatic N) is 3. The molecule has 30 heavy (non-hydrogen) atoms. The second kappa shape index (κ2) is 7.87. The average molecular weight is 435 g/mol. The first-order chi connectivity index (χ1) is 14.2. The van der Waals surface area contributed by atoms with Gasteiger partial charge in [0.15, 0.2) is 0 Å². The molecule has 0 atom stereocenters. The van der Waals surface area contributed by atoms with Crippen molar-refractivity contribution in [2.75, 3.05) is 19.5 Å². The number of ether oxygens (including phenoxy) is 2. The van der Waals surface area contributed by atoms with Gasteiger partial charge in [0, 0.05) is 18.0 Å². The zero-order valence-electron chi connectivity index (χ0n) is 16.0. The van der Waals surface area contributed by atoms with Crippen molar-refractivity contribution in [2.45, 2.75) is 4.90 Å². The standard InChI is InChI=1S/C17H17N5O7S/c1-22-10-7-5-4-6-9(10)14(13(22)15(23)24)30(26,27)21-17(25)20-16-18-11(28-2)8-12(19-16)29-3/h4-8H,1-3H3,(H,23,24)(H2,18,19,20,21,25). The summed E-state index contributed by atoms with van der Waals surface area (Å²) < 4.78 is 38.7. The van der Waals surface area contributed by atoms with Crippen LogP contribution in [0.4, 0.5) is 10.7 Å². The topological polar surface area (TPSA) is 162 Å². The van der Waals surface area contributed by atoms with Gasteiger partial charge in [0.05, 0.1) is 20.3 Å². The predicted octanol–water partition coefficient (Wildman–Crippen LogP) is 1.19. The molecule has 2 aromatic heterocycles. The summed E-state index contributed by atoms with van der Waals surface area (Å²) >= 11 is 0. The van der Waals surface area contributed by atoms with Crippen molar-refractivity contribution in [1.29, 1.82) is 0 Å². The molecule has 0 aliphatic heterocycles. The van der Waals surface area contributed by atoms with Crippen molar-refractivity contribution in [3.05, 3.63) is 36.0 Å². The second-order valence-electron chi connectivity index (χ2n) is 5.89. The van der Waals surface area contributed by atoms with Gasteiger partial charge in [0.25, 0.3) is 10.0 Å². The zero-order chi connectivity index (χ0) is 22.1. The molecule has 0 spiro atoms. The Morgan fingerprint density at radius 1 is 1.10 bits per heavy atom. The van der Waals surface area contributed by atoms with Crippen molar-refractivity contribution in [1.82, 2.24) is 19.3 Å². The van der Waals surface area contributed by atoms with Crippen LogP contribution in [-0.4, -0.2) is 54.3 Å². The van der Waals surface area contributed by atoms with Crippen LogP contribution in [0.15, 0.2) is 35.2 Å². The highest BCUT2D eigenvalue weighted by molar-refractivity contribution is 7.90. The molecule has 0 unspecified atom stereocenters. The Bertz CT molecular complexity index is 1230. The predicted molar refractivity (Wildman–Crippen MR) is 104 cm³/mol. The number of hydrogen-bond acceptors (Lipinski definition) is 8. The molecular formula is C17H17N5O7S. The lowest BCUT2D eigenvalue weighted by Gasteiger charge is -2.10. The molecule has 12 nitrogen and oxygen atoms in total. The van der Waals surface area contributed by atoms with Gasteiger partial charge in [-0.3, -0.25) is 5.32 Å². The number of amides is 2. The van der Waals surface area contributed by atoms with E-state index in [0.717, 1.165) is 0 Å². The number of carbonyl (C=O) groups excluding carboxylic acids is 1. The third kappa shape index (κ3) is 3.82. The second-order valence-corrected chi connectivity index (χ2v) is 7.51. The molecule has 13 heteroatoms. The van der Waals surface area contributed by atoms with Crippen molar-refractivity contribution >= 4 is 38.9 Å². The molecule has 1 aromatic carbocycles. The Balaban J connectivity index is 1.97. The van der Waals surface area contributed by atoms with Gasteiger partial charge in [-0.2, -0.15) is 9.97 Å². The lowest BCUT2D eigenvalue weighted by molar-refractivity contribution is 0.0682. The quantitative estimate of drug-likeness (QED) is 0.516. The fourth-order valence-corrected chi connectivity index (χ4v) is 4.18. The number of fused-ring (bicyclic) bond motifs is 1. The molecule has 2 amide bonds. The molecule has 0 saturated carbocycles. The van der Waals surface area contributed by atoms with Crippen molar-refractivity contribution in [2.24, 2.45) is 7.05 Å². The van der Waals surface area contributed by atoms with Gasteiger partial charge >= 0.3 is 12.0 Å². The summed E-state index contributed by atoms with van der Waals surface area (Å²) in [7, 11) is -0.482. The summed E-state index contributed by atoms with van der Waals surface area (Å²) in [5.74, 6) is -1.60. The van der Waals surface area contributed by atoms with Crippen LogP contribution in [-0.2, 0) is 17.1 Å². The molecule has 0 radical (unpaired) electrons. The Morgan fingerprint density at radius 3 is 2.27 bits per heavy atom. The summed E-state index contributed by atoms with van der Waals surface area (Å²) in [6.45, 7) is 0. The van der Waals surface area contributed by atoms with Gasteiger partial charge < -0.3 is 19.1 Å². The molecular weight excluding hydrogens is 418 g/mol.